The lowest BCUT2D eigenvalue weighted by molar-refractivity contribution is -0.140. The van der Waals surface area contributed by atoms with Crippen LogP contribution < -0.4 is 5.32 Å². The molecule has 0 aliphatic carbocycles. The molecule has 0 atom stereocenters. The van der Waals surface area contributed by atoms with Crippen LogP contribution in [0.1, 0.15) is 33.0 Å². The number of amides is 1. The summed E-state index contributed by atoms with van der Waals surface area (Å²) in [6.07, 6.45) is -3.94. The molecule has 1 amide bonds. The largest absolute Gasteiger partial charge is 0.478 e. The molecule has 0 aliphatic heterocycles. The Balaban J connectivity index is 1.79. The summed E-state index contributed by atoms with van der Waals surface area (Å²) in [5.74, 6) is -1.35. The van der Waals surface area contributed by atoms with Crippen molar-refractivity contribution in [1.29, 1.82) is 0 Å². The first-order chi connectivity index (χ1) is 11.3. The minimum atomic E-state index is -4.49. The molecule has 128 valence electrons. The number of aryl methyl sites for hydroxylation is 1. The van der Waals surface area contributed by atoms with E-state index in [1.54, 1.807) is 12.1 Å². The summed E-state index contributed by atoms with van der Waals surface area (Å²) in [6, 6.07) is 6.13. The molecule has 1 heterocycles. The van der Waals surface area contributed by atoms with Gasteiger partial charge in [0, 0.05) is 11.8 Å². The highest BCUT2D eigenvalue weighted by molar-refractivity contribution is 7.09. The van der Waals surface area contributed by atoms with Crippen molar-refractivity contribution in [3.63, 3.8) is 0 Å². The molecule has 0 saturated carbocycles. The maximum Gasteiger partial charge on any atom is 0.434 e. The second-order valence-electron chi connectivity index (χ2n) is 4.90. The zero-order valence-electron chi connectivity index (χ0n) is 12.3. The third-order valence-corrected chi connectivity index (χ3v) is 3.97. The van der Waals surface area contributed by atoms with Crippen LogP contribution in [0.4, 0.5) is 13.2 Å². The number of hydrogen-bond acceptors (Lipinski definition) is 4. The number of carboxylic acids is 1. The Hall–Kier alpha value is -2.42. The molecule has 0 saturated heterocycles. The van der Waals surface area contributed by atoms with Crippen LogP contribution in [-0.2, 0) is 23.9 Å². The van der Waals surface area contributed by atoms with E-state index in [2.05, 4.69) is 10.3 Å². The highest BCUT2D eigenvalue weighted by Gasteiger charge is 2.33. The zero-order chi connectivity index (χ0) is 17.7. The number of aromatic carboxylic acids is 1. The molecule has 0 bridgehead atoms. The van der Waals surface area contributed by atoms with Gasteiger partial charge in [-0.05, 0) is 24.1 Å². The minimum Gasteiger partial charge on any atom is -0.478 e. The van der Waals surface area contributed by atoms with Crippen molar-refractivity contribution in [2.24, 2.45) is 0 Å². The number of aromatic nitrogens is 1. The van der Waals surface area contributed by atoms with E-state index in [1.165, 1.54) is 12.1 Å². The standard InChI is InChI=1S/C15H13F3N2O3S/c16-15(17,18)11-8-24-13(20-11)7-19-12(21)6-3-9-1-4-10(5-2-9)14(22)23/h1-2,4-5,8H,3,6-7H2,(H,19,21)(H,22,23). The number of carbonyl (C=O) groups excluding carboxylic acids is 1. The molecule has 2 aromatic rings. The van der Waals surface area contributed by atoms with Gasteiger partial charge in [-0.1, -0.05) is 12.1 Å². The molecule has 0 unspecified atom stereocenters. The molecule has 24 heavy (non-hydrogen) atoms. The van der Waals surface area contributed by atoms with Gasteiger partial charge in [-0.3, -0.25) is 4.79 Å². The van der Waals surface area contributed by atoms with Gasteiger partial charge >= 0.3 is 12.1 Å². The fourth-order valence-corrected chi connectivity index (χ4v) is 2.60. The Kier molecular flexibility index (Phi) is 5.55. The lowest BCUT2D eigenvalue weighted by atomic mass is 10.1. The average molecular weight is 358 g/mol. The van der Waals surface area contributed by atoms with E-state index < -0.39 is 17.8 Å². The third-order valence-electron chi connectivity index (χ3n) is 3.12. The molecule has 2 N–H and O–H groups in total. The number of nitrogens with one attached hydrogen (secondary N) is 1. The first kappa shape index (κ1) is 17.9. The lowest BCUT2D eigenvalue weighted by Gasteiger charge is -2.04. The molecule has 1 aromatic carbocycles. The van der Waals surface area contributed by atoms with Gasteiger partial charge in [0.05, 0.1) is 12.1 Å². The van der Waals surface area contributed by atoms with Gasteiger partial charge in [-0.2, -0.15) is 13.2 Å². The summed E-state index contributed by atoms with van der Waals surface area (Å²) in [4.78, 5) is 25.9. The van der Waals surface area contributed by atoms with E-state index in [-0.39, 0.29) is 29.4 Å². The number of benzene rings is 1. The molecule has 1 aromatic heterocycles. The van der Waals surface area contributed by atoms with Crippen LogP contribution >= 0.6 is 11.3 Å². The molecule has 0 spiro atoms. The summed E-state index contributed by atoms with van der Waals surface area (Å²) in [6.45, 7) is -0.0580. The Morgan fingerprint density at radius 2 is 1.88 bits per heavy atom. The molecule has 2 rings (SSSR count). The monoisotopic (exact) mass is 358 g/mol. The summed E-state index contributed by atoms with van der Waals surface area (Å²) in [7, 11) is 0. The molecule has 9 heteroatoms. The van der Waals surface area contributed by atoms with Gasteiger partial charge in [0.25, 0.3) is 0 Å². The van der Waals surface area contributed by atoms with E-state index in [0.717, 1.165) is 22.3 Å². The minimum absolute atomic E-state index is 0.0580. The lowest BCUT2D eigenvalue weighted by Crippen LogP contribution is -2.23. The summed E-state index contributed by atoms with van der Waals surface area (Å²) in [5.41, 5.74) is -0.00790. The highest BCUT2D eigenvalue weighted by atomic mass is 32.1. The second kappa shape index (κ2) is 7.43. The Morgan fingerprint density at radius 1 is 1.21 bits per heavy atom. The SMILES string of the molecule is O=C(CCc1ccc(C(=O)O)cc1)NCc1nc(C(F)(F)F)cs1. The van der Waals surface area contributed by atoms with Gasteiger partial charge in [0.1, 0.15) is 5.01 Å². The average Bonchev–Trinajstić information content (AvgIpc) is 3.00. The van der Waals surface area contributed by atoms with Crippen molar-refractivity contribution in [3.05, 3.63) is 51.5 Å². The van der Waals surface area contributed by atoms with E-state index in [9.17, 15) is 22.8 Å². The number of carboxylic acid groups (broad SMARTS) is 1. The number of thiazole rings is 1. The van der Waals surface area contributed by atoms with Crippen molar-refractivity contribution in [2.45, 2.75) is 25.6 Å². The number of carbonyl (C=O) groups is 2. The predicted molar refractivity (Wildman–Crippen MR) is 80.7 cm³/mol. The van der Waals surface area contributed by atoms with E-state index >= 15 is 0 Å². The quantitative estimate of drug-likeness (QED) is 0.832. The molecule has 0 aliphatic rings. The maximum absolute atomic E-state index is 12.4. The van der Waals surface area contributed by atoms with Gasteiger partial charge in [-0.15, -0.1) is 11.3 Å². The van der Waals surface area contributed by atoms with Crippen molar-refractivity contribution in [1.82, 2.24) is 10.3 Å². The van der Waals surface area contributed by atoms with E-state index in [4.69, 9.17) is 5.11 Å². The van der Waals surface area contributed by atoms with Gasteiger partial charge in [0.2, 0.25) is 5.91 Å². The normalized spacial score (nSPS) is 11.3. The summed E-state index contributed by atoms with van der Waals surface area (Å²) < 4.78 is 37.2. The zero-order valence-corrected chi connectivity index (χ0v) is 13.1. The predicted octanol–water partition coefficient (Wildman–Crippen LogP) is 3.11. The maximum atomic E-state index is 12.4. The number of hydrogen-bond donors (Lipinski definition) is 2. The van der Waals surface area contributed by atoms with Gasteiger partial charge in [-0.25, -0.2) is 9.78 Å². The Bertz CT molecular complexity index is 726. The van der Waals surface area contributed by atoms with Crippen molar-refractivity contribution >= 4 is 23.2 Å². The first-order valence-electron chi connectivity index (χ1n) is 6.86. The summed E-state index contributed by atoms with van der Waals surface area (Å²) >= 11 is 0.836. The van der Waals surface area contributed by atoms with Crippen LogP contribution in [0.15, 0.2) is 29.6 Å². The molecular weight excluding hydrogens is 345 g/mol. The first-order valence-corrected chi connectivity index (χ1v) is 7.74. The third kappa shape index (κ3) is 5.05. The molecule has 0 fully saturated rings. The van der Waals surface area contributed by atoms with Crippen LogP contribution in [-0.4, -0.2) is 22.0 Å². The topological polar surface area (TPSA) is 79.3 Å². The second-order valence-corrected chi connectivity index (χ2v) is 5.85. The molecular formula is C15H13F3N2O3S. The fourth-order valence-electron chi connectivity index (χ4n) is 1.86. The van der Waals surface area contributed by atoms with E-state index in [0.29, 0.717) is 6.42 Å². The number of rotatable bonds is 6. The van der Waals surface area contributed by atoms with Crippen LogP contribution in [0, 0.1) is 0 Å². The van der Waals surface area contributed by atoms with Crippen LogP contribution in [0.2, 0.25) is 0 Å². The van der Waals surface area contributed by atoms with Gasteiger partial charge < -0.3 is 10.4 Å². The number of nitrogens with zero attached hydrogens (tertiary/aromatic N) is 1. The highest BCUT2D eigenvalue weighted by Crippen LogP contribution is 2.29. The fraction of sp³-hybridized carbons (Fsp3) is 0.267. The molecule has 5 nitrogen and oxygen atoms in total. The smallest absolute Gasteiger partial charge is 0.434 e. The van der Waals surface area contributed by atoms with Crippen molar-refractivity contribution < 1.29 is 27.9 Å². The van der Waals surface area contributed by atoms with Crippen LogP contribution in [0.5, 0.6) is 0 Å². The Morgan fingerprint density at radius 3 is 2.42 bits per heavy atom. The summed E-state index contributed by atoms with van der Waals surface area (Å²) in [5, 5.41) is 12.4. The van der Waals surface area contributed by atoms with Crippen LogP contribution in [0.25, 0.3) is 0 Å². The number of halogens is 3. The van der Waals surface area contributed by atoms with Crippen molar-refractivity contribution in [2.75, 3.05) is 0 Å². The van der Waals surface area contributed by atoms with Gasteiger partial charge in [0.15, 0.2) is 5.69 Å². The molecule has 0 radical (unpaired) electrons. The Labute approximate surface area is 139 Å². The van der Waals surface area contributed by atoms with Crippen molar-refractivity contribution in [3.8, 4) is 0 Å². The van der Waals surface area contributed by atoms with Crippen LogP contribution in [0.3, 0.4) is 0 Å². The van der Waals surface area contributed by atoms with E-state index in [1.807, 2.05) is 0 Å². The number of alkyl halides is 3.